The molecule has 0 bridgehead atoms. The van der Waals surface area contributed by atoms with E-state index in [1.165, 1.54) is 19.1 Å². The highest BCUT2D eigenvalue weighted by molar-refractivity contribution is 6.08. The van der Waals surface area contributed by atoms with Gasteiger partial charge in [-0.15, -0.1) is 0 Å². The van der Waals surface area contributed by atoms with Gasteiger partial charge in [0.25, 0.3) is 5.69 Å². The zero-order valence-corrected chi connectivity index (χ0v) is 13.4. The number of hydrogen-bond acceptors (Lipinski definition) is 6. The first-order chi connectivity index (χ1) is 10.0. The van der Waals surface area contributed by atoms with E-state index >= 15 is 0 Å². The minimum Gasteiger partial charge on any atom is -0.459 e. The molecule has 1 unspecified atom stereocenters. The smallest absolute Gasteiger partial charge is 0.326 e. The second kappa shape index (κ2) is 6.21. The zero-order valence-electron chi connectivity index (χ0n) is 13.4. The Labute approximate surface area is 128 Å². The minimum absolute atomic E-state index is 0.119. The average Bonchev–Trinajstić information content (AvgIpc) is 2.43. The van der Waals surface area contributed by atoms with E-state index in [2.05, 4.69) is 4.98 Å². The van der Waals surface area contributed by atoms with Gasteiger partial charge in [-0.3, -0.25) is 24.7 Å². The second-order valence-corrected chi connectivity index (χ2v) is 6.06. The molecule has 0 aliphatic heterocycles. The summed E-state index contributed by atoms with van der Waals surface area (Å²) in [6, 6.07) is 2.53. The number of nitrogens with zero attached hydrogens (tertiary/aromatic N) is 2. The highest BCUT2D eigenvalue weighted by atomic mass is 16.6. The number of ketones is 1. The van der Waals surface area contributed by atoms with Gasteiger partial charge in [-0.25, -0.2) is 0 Å². The van der Waals surface area contributed by atoms with E-state index in [-0.39, 0.29) is 23.6 Å². The van der Waals surface area contributed by atoms with Crippen molar-refractivity contribution >= 4 is 17.4 Å². The fourth-order valence-electron chi connectivity index (χ4n) is 1.88. The third-order valence-electron chi connectivity index (χ3n) is 3.16. The van der Waals surface area contributed by atoms with Crippen LogP contribution in [0.4, 0.5) is 5.69 Å². The predicted molar refractivity (Wildman–Crippen MR) is 79.4 cm³/mol. The third kappa shape index (κ3) is 3.66. The molecule has 0 aliphatic rings. The minimum atomic E-state index is -1.59. The van der Waals surface area contributed by atoms with Crippen LogP contribution in [0.3, 0.4) is 0 Å². The largest absolute Gasteiger partial charge is 0.459 e. The van der Waals surface area contributed by atoms with Gasteiger partial charge < -0.3 is 4.74 Å². The molecule has 0 aliphatic carbocycles. The summed E-state index contributed by atoms with van der Waals surface area (Å²) in [6.07, 6.45) is 1.15. The summed E-state index contributed by atoms with van der Waals surface area (Å²) < 4.78 is 5.32. The van der Waals surface area contributed by atoms with Gasteiger partial charge in [-0.1, -0.05) is 6.92 Å². The maximum absolute atomic E-state index is 12.5. The maximum Gasteiger partial charge on any atom is 0.326 e. The molecular weight excluding hydrogens is 288 g/mol. The normalized spacial score (nSPS) is 14.0. The number of nitro groups is 1. The molecule has 22 heavy (non-hydrogen) atoms. The maximum atomic E-state index is 12.5. The van der Waals surface area contributed by atoms with Gasteiger partial charge in [0.15, 0.2) is 11.2 Å². The van der Waals surface area contributed by atoms with E-state index in [9.17, 15) is 19.7 Å². The average molecular weight is 308 g/mol. The van der Waals surface area contributed by atoms with Crippen molar-refractivity contribution < 1.29 is 19.2 Å². The summed E-state index contributed by atoms with van der Waals surface area (Å²) in [6.45, 7) is 8.17. The van der Waals surface area contributed by atoms with Crippen molar-refractivity contribution in [3.05, 3.63) is 34.1 Å². The SMILES string of the molecule is CCC(=O)C(C)(C(=O)OC(C)(C)C)c1ccc([N+](=O)[O-])cn1. The van der Waals surface area contributed by atoms with Gasteiger partial charge in [-0.2, -0.15) is 0 Å². The van der Waals surface area contributed by atoms with Crippen LogP contribution >= 0.6 is 0 Å². The Balaban J connectivity index is 3.30. The lowest BCUT2D eigenvalue weighted by molar-refractivity contribution is -0.385. The van der Waals surface area contributed by atoms with Gasteiger partial charge in [0.1, 0.15) is 11.8 Å². The molecule has 0 saturated carbocycles. The second-order valence-electron chi connectivity index (χ2n) is 6.06. The van der Waals surface area contributed by atoms with Crippen molar-refractivity contribution in [2.45, 2.75) is 52.1 Å². The molecule has 0 spiro atoms. The Morgan fingerprint density at radius 1 is 1.27 bits per heavy atom. The van der Waals surface area contributed by atoms with Crippen LogP contribution in [0.2, 0.25) is 0 Å². The Morgan fingerprint density at radius 3 is 2.23 bits per heavy atom. The summed E-state index contributed by atoms with van der Waals surface area (Å²) in [4.78, 5) is 38.8. The Morgan fingerprint density at radius 2 is 1.86 bits per heavy atom. The first kappa shape index (κ1) is 17.7. The van der Waals surface area contributed by atoms with Crippen LogP contribution in [0.5, 0.6) is 0 Å². The summed E-state index contributed by atoms with van der Waals surface area (Å²) in [5.41, 5.74) is -2.41. The predicted octanol–water partition coefficient (Wildman–Crippen LogP) is 2.57. The first-order valence-electron chi connectivity index (χ1n) is 6.90. The number of Topliss-reactive ketones (excluding diaryl/α,β-unsaturated/α-hetero) is 1. The lowest BCUT2D eigenvalue weighted by Crippen LogP contribution is -2.45. The van der Waals surface area contributed by atoms with Crippen molar-refractivity contribution in [2.75, 3.05) is 0 Å². The molecule has 1 heterocycles. The number of carbonyl (C=O) groups is 2. The molecule has 0 amide bonds. The Hall–Kier alpha value is -2.31. The molecule has 0 saturated heterocycles. The van der Waals surface area contributed by atoms with E-state index in [1.54, 1.807) is 27.7 Å². The van der Waals surface area contributed by atoms with Crippen LogP contribution in [-0.2, 0) is 19.7 Å². The molecular formula is C15H20N2O5. The van der Waals surface area contributed by atoms with Crippen LogP contribution in [-0.4, -0.2) is 27.3 Å². The van der Waals surface area contributed by atoms with Crippen LogP contribution in [0.25, 0.3) is 0 Å². The van der Waals surface area contributed by atoms with Crippen molar-refractivity contribution in [3.8, 4) is 0 Å². The number of hydrogen-bond donors (Lipinski definition) is 0. The van der Waals surface area contributed by atoms with Crippen molar-refractivity contribution in [3.63, 3.8) is 0 Å². The van der Waals surface area contributed by atoms with E-state index in [1.807, 2.05) is 0 Å². The lowest BCUT2D eigenvalue weighted by Gasteiger charge is -2.29. The number of aromatic nitrogens is 1. The number of pyridine rings is 1. The monoisotopic (exact) mass is 308 g/mol. The fourth-order valence-corrected chi connectivity index (χ4v) is 1.88. The van der Waals surface area contributed by atoms with E-state index in [0.717, 1.165) is 6.20 Å². The fraction of sp³-hybridized carbons (Fsp3) is 0.533. The molecule has 0 fully saturated rings. The molecule has 1 atom stereocenters. The summed E-state index contributed by atoms with van der Waals surface area (Å²) >= 11 is 0. The van der Waals surface area contributed by atoms with E-state index < -0.39 is 21.9 Å². The van der Waals surface area contributed by atoms with E-state index in [0.29, 0.717) is 0 Å². The van der Waals surface area contributed by atoms with Crippen molar-refractivity contribution in [1.29, 1.82) is 0 Å². The molecule has 1 rings (SSSR count). The lowest BCUT2D eigenvalue weighted by atomic mass is 9.80. The van der Waals surface area contributed by atoms with Gasteiger partial charge in [0, 0.05) is 12.5 Å². The number of ether oxygens (including phenoxy) is 1. The number of esters is 1. The molecule has 1 aromatic heterocycles. The van der Waals surface area contributed by atoms with Gasteiger partial charge in [-0.05, 0) is 33.8 Å². The molecule has 0 N–H and O–H groups in total. The molecule has 0 aromatic carbocycles. The molecule has 7 heteroatoms. The molecule has 0 radical (unpaired) electrons. The first-order valence-corrected chi connectivity index (χ1v) is 6.90. The topological polar surface area (TPSA) is 99.4 Å². The van der Waals surface area contributed by atoms with Crippen LogP contribution in [0, 0.1) is 10.1 Å². The molecule has 120 valence electrons. The summed E-state index contributed by atoms with van der Waals surface area (Å²) in [5.74, 6) is -1.07. The number of carbonyl (C=O) groups excluding carboxylic acids is 2. The quantitative estimate of drug-likeness (QED) is 0.359. The molecule has 7 nitrogen and oxygen atoms in total. The highest BCUT2D eigenvalue weighted by Gasteiger charge is 2.46. The van der Waals surface area contributed by atoms with Gasteiger partial charge >= 0.3 is 5.97 Å². The number of rotatable bonds is 5. The Kier molecular flexibility index (Phi) is 5.01. The van der Waals surface area contributed by atoms with E-state index in [4.69, 9.17) is 4.74 Å². The van der Waals surface area contributed by atoms with Crippen molar-refractivity contribution in [2.24, 2.45) is 0 Å². The standard InChI is InChI=1S/C15H20N2O5/c1-6-12(18)15(5,13(19)22-14(2,3)4)11-8-7-10(9-16-11)17(20)21/h7-9H,6H2,1-5H3. The van der Waals surface area contributed by atoms with Crippen LogP contribution in [0.1, 0.15) is 46.7 Å². The van der Waals surface area contributed by atoms with Crippen LogP contribution < -0.4 is 0 Å². The van der Waals surface area contributed by atoms with Crippen molar-refractivity contribution in [1.82, 2.24) is 4.98 Å². The highest BCUT2D eigenvalue weighted by Crippen LogP contribution is 2.29. The van der Waals surface area contributed by atoms with Gasteiger partial charge in [0.05, 0.1) is 10.6 Å². The zero-order chi connectivity index (χ0) is 17.1. The summed E-state index contributed by atoms with van der Waals surface area (Å²) in [5, 5.41) is 10.7. The Bertz CT molecular complexity index is 589. The molecule has 1 aromatic rings. The third-order valence-corrected chi connectivity index (χ3v) is 3.16. The summed E-state index contributed by atoms with van der Waals surface area (Å²) in [7, 11) is 0. The van der Waals surface area contributed by atoms with Crippen LogP contribution in [0.15, 0.2) is 18.3 Å². The van der Waals surface area contributed by atoms with Gasteiger partial charge in [0.2, 0.25) is 0 Å².